The van der Waals surface area contributed by atoms with Crippen molar-refractivity contribution in [2.45, 2.75) is 37.9 Å². The molecule has 1 aliphatic carbocycles. The summed E-state index contributed by atoms with van der Waals surface area (Å²) in [7, 11) is 1.67. The van der Waals surface area contributed by atoms with Gasteiger partial charge in [0.1, 0.15) is 0 Å². The number of aliphatic hydroxyl groups excluding tert-OH is 1. The van der Waals surface area contributed by atoms with Crippen LogP contribution >= 0.6 is 0 Å². The van der Waals surface area contributed by atoms with Gasteiger partial charge in [-0.1, -0.05) is 12.1 Å². The number of anilines is 1. The smallest absolute Gasteiger partial charge is 0.227 e. The normalized spacial score (nSPS) is 17.0. The van der Waals surface area contributed by atoms with Crippen LogP contribution in [0, 0.1) is 0 Å². The van der Waals surface area contributed by atoms with Crippen molar-refractivity contribution in [1.82, 2.24) is 0 Å². The minimum absolute atomic E-state index is 0.0149. The highest BCUT2D eigenvalue weighted by Crippen LogP contribution is 2.38. The van der Waals surface area contributed by atoms with E-state index >= 15 is 0 Å². The molecule has 0 unspecified atom stereocenters. The Morgan fingerprint density at radius 1 is 1.39 bits per heavy atom. The van der Waals surface area contributed by atoms with E-state index in [-0.39, 0.29) is 18.1 Å². The number of benzene rings is 1. The quantitative estimate of drug-likeness (QED) is 0.840. The highest BCUT2D eigenvalue weighted by atomic mass is 16.5. The molecule has 2 N–H and O–H groups in total. The van der Waals surface area contributed by atoms with E-state index in [1.54, 1.807) is 31.4 Å². The lowest BCUT2D eigenvalue weighted by molar-refractivity contribution is -0.129. The topological polar surface area (TPSA) is 58.6 Å². The molecule has 0 aliphatic heterocycles. The molecule has 0 atom stereocenters. The summed E-state index contributed by atoms with van der Waals surface area (Å²) in [6.45, 7) is 0.0149. The summed E-state index contributed by atoms with van der Waals surface area (Å²) in [6, 6.07) is 7.18. The summed E-state index contributed by atoms with van der Waals surface area (Å²) in [5.74, 6) is -0.0201. The van der Waals surface area contributed by atoms with Gasteiger partial charge in [0, 0.05) is 12.8 Å². The van der Waals surface area contributed by atoms with Gasteiger partial charge in [0.2, 0.25) is 5.91 Å². The van der Waals surface area contributed by atoms with Crippen LogP contribution in [0.25, 0.3) is 0 Å². The van der Waals surface area contributed by atoms with Crippen LogP contribution in [0.2, 0.25) is 0 Å². The second-order valence-corrected chi connectivity index (χ2v) is 4.82. The highest BCUT2D eigenvalue weighted by Gasteiger charge is 2.38. The second kappa shape index (κ2) is 5.50. The van der Waals surface area contributed by atoms with Gasteiger partial charge in [-0.05, 0) is 37.0 Å². The zero-order valence-corrected chi connectivity index (χ0v) is 10.6. The Morgan fingerprint density at radius 3 is 2.50 bits per heavy atom. The summed E-state index contributed by atoms with van der Waals surface area (Å²) in [5.41, 5.74) is 1.35. The molecule has 0 radical (unpaired) electrons. The first kappa shape index (κ1) is 13.1. The van der Waals surface area contributed by atoms with Crippen LogP contribution in [0.4, 0.5) is 5.69 Å². The molecule has 18 heavy (non-hydrogen) atoms. The molecule has 4 heteroatoms. The summed E-state index contributed by atoms with van der Waals surface area (Å²) >= 11 is 0. The van der Waals surface area contributed by atoms with Gasteiger partial charge >= 0.3 is 0 Å². The fourth-order valence-corrected chi connectivity index (χ4v) is 2.22. The third-order valence-corrected chi connectivity index (χ3v) is 3.60. The third kappa shape index (κ3) is 2.89. The highest BCUT2D eigenvalue weighted by molar-refractivity contribution is 5.91. The maximum Gasteiger partial charge on any atom is 0.227 e. The van der Waals surface area contributed by atoms with E-state index < -0.39 is 0 Å². The van der Waals surface area contributed by atoms with Crippen LogP contribution in [0.5, 0.6) is 0 Å². The minimum atomic E-state index is -0.241. The van der Waals surface area contributed by atoms with E-state index in [1.165, 1.54) is 0 Å². The monoisotopic (exact) mass is 249 g/mol. The van der Waals surface area contributed by atoms with Gasteiger partial charge in [-0.25, -0.2) is 0 Å². The molecule has 0 heterocycles. The first-order chi connectivity index (χ1) is 8.67. The molecule has 4 nitrogen and oxygen atoms in total. The molecular weight excluding hydrogens is 230 g/mol. The molecule has 0 saturated heterocycles. The van der Waals surface area contributed by atoms with Gasteiger partial charge in [-0.3, -0.25) is 4.79 Å². The zero-order chi connectivity index (χ0) is 13.0. The number of amides is 1. The average Bonchev–Trinajstić information content (AvgIpc) is 2.35. The molecule has 98 valence electrons. The van der Waals surface area contributed by atoms with Crippen LogP contribution in [0.3, 0.4) is 0 Å². The summed E-state index contributed by atoms with van der Waals surface area (Å²) in [4.78, 5) is 11.9. The lowest BCUT2D eigenvalue weighted by Gasteiger charge is -2.39. The molecule has 0 spiro atoms. The molecule has 0 bridgehead atoms. The van der Waals surface area contributed by atoms with Crippen LogP contribution in [0.1, 0.15) is 31.2 Å². The maximum atomic E-state index is 11.9. The van der Waals surface area contributed by atoms with Gasteiger partial charge in [-0.2, -0.15) is 0 Å². The largest absolute Gasteiger partial charge is 0.392 e. The van der Waals surface area contributed by atoms with Gasteiger partial charge in [-0.15, -0.1) is 0 Å². The van der Waals surface area contributed by atoms with E-state index in [0.29, 0.717) is 6.42 Å². The lowest BCUT2D eigenvalue weighted by atomic mass is 9.77. The van der Waals surface area contributed by atoms with Crippen molar-refractivity contribution in [3.63, 3.8) is 0 Å². The van der Waals surface area contributed by atoms with E-state index in [1.807, 2.05) is 0 Å². The van der Waals surface area contributed by atoms with Crippen molar-refractivity contribution in [1.29, 1.82) is 0 Å². The van der Waals surface area contributed by atoms with Gasteiger partial charge in [0.05, 0.1) is 18.6 Å². The first-order valence-corrected chi connectivity index (χ1v) is 6.22. The Morgan fingerprint density at radius 2 is 2.06 bits per heavy atom. The van der Waals surface area contributed by atoms with Crippen molar-refractivity contribution in [3.8, 4) is 0 Å². The van der Waals surface area contributed by atoms with Crippen molar-refractivity contribution >= 4 is 11.6 Å². The molecule has 1 aromatic carbocycles. The molecule has 1 saturated carbocycles. The number of carbonyl (C=O) groups is 1. The van der Waals surface area contributed by atoms with Crippen LogP contribution < -0.4 is 5.32 Å². The first-order valence-electron chi connectivity index (χ1n) is 6.22. The van der Waals surface area contributed by atoms with Crippen molar-refractivity contribution in [3.05, 3.63) is 29.8 Å². The summed E-state index contributed by atoms with van der Waals surface area (Å²) in [6.07, 6.45) is 3.46. The molecule has 1 fully saturated rings. The van der Waals surface area contributed by atoms with Gasteiger partial charge < -0.3 is 15.2 Å². The van der Waals surface area contributed by atoms with Crippen LogP contribution in [-0.2, 0) is 16.1 Å². The van der Waals surface area contributed by atoms with Crippen molar-refractivity contribution < 1.29 is 14.6 Å². The van der Waals surface area contributed by atoms with Gasteiger partial charge in [0.15, 0.2) is 0 Å². The van der Waals surface area contributed by atoms with Gasteiger partial charge in [0.25, 0.3) is 0 Å². The molecule has 2 rings (SSSR count). The standard InChI is InChI=1S/C14H19NO3/c1-18-14(7-2-8-14)9-13(17)15-12-5-3-11(10-16)4-6-12/h3-6,16H,2,7-10H2,1H3,(H,15,17). The fraction of sp³-hybridized carbons (Fsp3) is 0.500. The Bertz CT molecular complexity index is 404. The predicted octanol–water partition coefficient (Wildman–Crippen LogP) is 2.08. The number of carbonyl (C=O) groups excluding carboxylic acids is 1. The second-order valence-electron chi connectivity index (χ2n) is 4.82. The number of hydrogen-bond donors (Lipinski definition) is 2. The zero-order valence-electron chi connectivity index (χ0n) is 10.6. The molecule has 1 aliphatic rings. The lowest BCUT2D eigenvalue weighted by Crippen LogP contribution is -2.42. The van der Waals surface area contributed by atoms with E-state index in [0.717, 1.165) is 30.5 Å². The number of rotatable bonds is 5. The molecule has 1 amide bonds. The van der Waals surface area contributed by atoms with E-state index in [4.69, 9.17) is 9.84 Å². The average molecular weight is 249 g/mol. The number of hydrogen-bond acceptors (Lipinski definition) is 3. The minimum Gasteiger partial charge on any atom is -0.392 e. The predicted molar refractivity (Wildman–Crippen MR) is 69.2 cm³/mol. The van der Waals surface area contributed by atoms with Crippen LogP contribution in [0.15, 0.2) is 24.3 Å². The van der Waals surface area contributed by atoms with Crippen molar-refractivity contribution in [2.24, 2.45) is 0 Å². The Labute approximate surface area is 107 Å². The van der Waals surface area contributed by atoms with Crippen LogP contribution in [-0.4, -0.2) is 23.7 Å². The molecular formula is C14H19NO3. The summed E-state index contributed by atoms with van der Waals surface area (Å²) < 4.78 is 5.42. The summed E-state index contributed by atoms with van der Waals surface area (Å²) in [5, 5.41) is 11.8. The molecule has 1 aromatic rings. The van der Waals surface area contributed by atoms with E-state index in [9.17, 15) is 4.79 Å². The SMILES string of the molecule is COC1(CC(=O)Nc2ccc(CO)cc2)CCC1. The Kier molecular flexibility index (Phi) is 3.99. The number of ether oxygens (including phenoxy) is 1. The Hall–Kier alpha value is -1.39. The fourth-order valence-electron chi connectivity index (χ4n) is 2.22. The molecule has 0 aromatic heterocycles. The third-order valence-electron chi connectivity index (χ3n) is 3.60. The number of methoxy groups -OCH3 is 1. The van der Waals surface area contributed by atoms with Crippen molar-refractivity contribution in [2.75, 3.05) is 12.4 Å². The Balaban J connectivity index is 1.90. The van der Waals surface area contributed by atoms with E-state index in [2.05, 4.69) is 5.32 Å². The number of nitrogens with one attached hydrogen (secondary N) is 1. The maximum absolute atomic E-state index is 11.9. The number of aliphatic hydroxyl groups is 1.